The smallest absolute Gasteiger partial charge is 0.323 e. The second-order valence-electron chi connectivity index (χ2n) is 4.23. The molecular weight excluding hydrogens is 354 g/mol. The van der Waals surface area contributed by atoms with Crippen molar-refractivity contribution in [3.05, 3.63) is 57.1 Å². The van der Waals surface area contributed by atoms with Crippen LogP contribution in [0.5, 0.6) is 5.75 Å². The van der Waals surface area contributed by atoms with Crippen LogP contribution in [0.1, 0.15) is 0 Å². The summed E-state index contributed by atoms with van der Waals surface area (Å²) in [6, 6.07) is 10.5. The number of ether oxygens (including phenoxy) is 1. The van der Waals surface area contributed by atoms with Crippen LogP contribution in [0.2, 0.25) is 0 Å². The van der Waals surface area contributed by atoms with E-state index in [0.29, 0.717) is 21.6 Å². The predicted octanol–water partition coefficient (Wildman–Crippen LogP) is 4.01. The van der Waals surface area contributed by atoms with E-state index >= 15 is 0 Å². The molecule has 0 aliphatic heterocycles. The van der Waals surface area contributed by atoms with E-state index in [1.165, 1.54) is 18.2 Å². The number of nitrogens with one attached hydrogen (secondary N) is 2. The second-order valence-corrected chi connectivity index (χ2v) is 5.08. The van der Waals surface area contributed by atoms with Crippen molar-refractivity contribution in [2.24, 2.45) is 0 Å². The third-order valence-corrected chi connectivity index (χ3v) is 3.42. The number of rotatable bonds is 4. The molecule has 0 fully saturated rings. The van der Waals surface area contributed by atoms with E-state index in [9.17, 15) is 14.9 Å². The molecule has 0 radical (unpaired) electrons. The van der Waals surface area contributed by atoms with E-state index in [-0.39, 0.29) is 5.69 Å². The van der Waals surface area contributed by atoms with Crippen LogP contribution in [-0.2, 0) is 0 Å². The molecule has 114 valence electrons. The third-order valence-electron chi connectivity index (χ3n) is 2.76. The highest BCUT2D eigenvalue weighted by Crippen LogP contribution is 2.27. The maximum Gasteiger partial charge on any atom is 0.323 e. The van der Waals surface area contributed by atoms with E-state index < -0.39 is 11.0 Å². The minimum Gasteiger partial charge on any atom is -0.497 e. The van der Waals surface area contributed by atoms with Gasteiger partial charge >= 0.3 is 6.03 Å². The second kappa shape index (κ2) is 6.90. The van der Waals surface area contributed by atoms with Gasteiger partial charge in [-0.25, -0.2) is 4.79 Å². The summed E-state index contributed by atoms with van der Waals surface area (Å²) in [5.74, 6) is 0.684. The Labute approximate surface area is 134 Å². The Kier molecular flexibility index (Phi) is 4.95. The molecule has 0 bridgehead atoms. The molecule has 0 spiro atoms. The summed E-state index contributed by atoms with van der Waals surface area (Å²) >= 11 is 3.18. The van der Waals surface area contributed by atoms with Crippen LogP contribution in [0.4, 0.5) is 21.9 Å². The molecule has 0 aliphatic rings. The summed E-state index contributed by atoms with van der Waals surface area (Å²) < 4.78 is 5.45. The average molecular weight is 366 g/mol. The van der Waals surface area contributed by atoms with Crippen molar-refractivity contribution in [1.29, 1.82) is 0 Å². The highest BCUT2D eigenvalue weighted by molar-refractivity contribution is 9.10. The molecule has 0 aliphatic carbocycles. The van der Waals surface area contributed by atoms with Gasteiger partial charge in [-0.2, -0.15) is 0 Å². The SMILES string of the molecule is COc1ccc(NC(=O)Nc2ccc([N+](=O)[O-])cc2Br)cc1. The summed E-state index contributed by atoms with van der Waals surface area (Å²) in [5, 5.41) is 15.9. The fourth-order valence-electron chi connectivity index (χ4n) is 1.68. The zero-order valence-electron chi connectivity index (χ0n) is 11.5. The lowest BCUT2D eigenvalue weighted by molar-refractivity contribution is -0.384. The van der Waals surface area contributed by atoms with Crippen LogP contribution in [0.15, 0.2) is 46.9 Å². The van der Waals surface area contributed by atoms with Crippen molar-refractivity contribution in [3.8, 4) is 5.75 Å². The standard InChI is InChI=1S/C14H12BrN3O4/c1-22-11-5-2-9(3-6-11)16-14(19)17-13-7-4-10(18(20)21)8-12(13)15/h2-8H,1H3,(H2,16,17,19). The monoisotopic (exact) mass is 365 g/mol. The Balaban J connectivity index is 2.03. The van der Waals surface area contributed by atoms with Crippen LogP contribution >= 0.6 is 15.9 Å². The Bertz CT molecular complexity index is 704. The lowest BCUT2D eigenvalue weighted by Crippen LogP contribution is -2.19. The molecule has 0 heterocycles. The average Bonchev–Trinajstić information content (AvgIpc) is 2.50. The van der Waals surface area contributed by atoms with Crippen LogP contribution in [-0.4, -0.2) is 18.1 Å². The predicted molar refractivity (Wildman–Crippen MR) is 86.4 cm³/mol. The first kappa shape index (κ1) is 15.8. The number of non-ortho nitro benzene ring substituents is 1. The number of nitro groups is 1. The molecule has 2 aromatic rings. The van der Waals surface area contributed by atoms with Crippen LogP contribution < -0.4 is 15.4 Å². The minimum atomic E-state index is -0.508. The zero-order valence-corrected chi connectivity index (χ0v) is 13.1. The normalized spacial score (nSPS) is 9.91. The number of methoxy groups -OCH3 is 1. The fraction of sp³-hybridized carbons (Fsp3) is 0.0714. The van der Waals surface area contributed by atoms with Gasteiger partial charge in [-0.3, -0.25) is 10.1 Å². The maximum absolute atomic E-state index is 11.9. The molecule has 7 nitrogen and oxygen atoms in total. The fourth-order valence-corrected chi connectivity index (χ4v) is 2.14. The Morgan fingerprint density at radius 1 is 1.18 bits per heavy atom. The number of carbonyl (C=O) groups is 1. The van der Waals surface area contributed by atoms with Crippen molar-refractivity contribution in [3.63, 3.8) is 0 Å². The lowest BCUT2D eigenvalue weighted by atomic mass is 10.3. The Hall–Kier alpha value is -2.61. The van der Waals surface area contributed by atoms with E-state index in [0.717, 1.165) is 0 Å². The van der Waals surface area contributed by atoms with Gasteiger partial charge in [-0.1, -0.05) is 0 Å². The molecule has 22 heavy (non-hydrogen) atoms. The van der Waals surface area contributed by atoms with Gasteiger partial charge < -0.3 is 15.4 Å². The van der Waals surface area contributed by atoms with Crippen LogP contribution in [0, 0.1) is 10.1 Å². The summed E-state index contributed by atoms with van der Waals surface area (Å²) in [7, 11) is 1.56. The zero-order chi connectivity index (χ0) is 16.1. The summed E-state index contributed by atoms with van der Waals surface area (Å²) in [6.07, 6.45) is 0. The van der Waals surface area contributed by atoms with Crippen molar-refractivity contribution >= 4 is 39.0 Å². The molecule has 2 rings (SSSR count). The minimum absolute atomic E-state index is 0.0620. The summed E-state index contributed by atoms with van der Waals surface area (Å²) in [5.41, 5.74) is 0.959. The van der Waals surface area contributed by atoms with Gasteiger partial charge in [0.05, 0.1) is 17.7 Å². The highest BCUT2D eigenvalue weighted by Gasteiger charge is 2.11. The molecule has 0 aromatic heterocycles. The number of nitro benzene ring substituents is 1. The quantitative estimate of drug-likeness (QED) is 0.632. The van der Waals surface area contributed by atoms with Gasteiger partial charge in [-0.15, -0.1) is 0 Å². The number of hydrogen-bond donors (Lipinski definition) is 2. The van der Waals surface area contributed by atoms with Crippen molar-refractivity contribution < 1.29 is 14.5 Å². The first-order valence-corrected chi connectivity index (χ1v) is 6.95. The van der Waals surface area contributed by atoms with Crippen molar-refractivity contribution in [2.45, 2.75) is 0 Å². The number of anilines is 2. The van der Waals surface area contributed by atoms with Gasteiger partial charge in [0.1, 0.15) is 5.75 Å². The molecule has 2 amide bonds. The van der Waals surface area contributed by atoms with Crippen LogP contribution in [0.3, 0.4) is 0 Å². The van der Waals surface area contributed by atoms with Gasteiger partial charge in [-0.05, 0) is 46.3 Å². The number of urea groups is 1. The first-order chi connectivity index (χ1) is 10.5. The molecular formula is C14H12BrN3O4. The van der Waals surface area contributed by atoms with Gasteiger partial charge in [0.2, 0.25) is 0 Å². The van der Waals surface area contributed by atoms with E-state index in [1.807, 2.05) is 0 Å². The molecule has 8 heteroatoms. The van der Waals surface area contributed by atoms with E-state index in [2.05, 4.69) is 26.6 Å². The summed E-state index contributed by atoms with van der Waals surface area (Å²) in [4.78, 5) is 22.0. The Morgan fingerprint density at radius 2 is 1.86 bits per heavy atom. The topological polar surface area (TPSA) is 93.5 Å². The van der Waals surface area contributed by atoms with E-state index in [4.69, 9.17) is 4.74 Å². The van der Waals surface area contributed by atoms with Gasteiger partial charge in [0, 0.05) is 22.3 Å². The molecule has 0 atom stereocenters. The third kappa shape index (κ3) is 3.95. The molecule has 2 N–H and O–H groups in total. The number of benzene rings is 2. The first-order valence-electron chi connectivity index (χ1n) is 6.15. The summed E-state index contributed by atoms with van der Waals surface area (Å²) in [6.45, 7) is 0. The Morgan fingerprint density at radius 3 is 2.41 bits per heavy atom. The van der Waals surface area contributed by atoms with Crippen LogP contribution in [0.25, 0.3) is 0 Å². The van der Waals surface area contributed by atoms with Gasteiger partial charge in [0.25, 0.3) is 5.69 Å². The number of halogens is 1. The number of hydrogen-bond acceptors (Lipinski definition) is 4. The lowest BCUT2D eigenvalue weighted by Gasteiger charge is -2.09. The van der Waals surface area contributed by atoms with Crippen molar-refractivity contribution in [1.82, 2.24) is 0 Å². The van der Waals surface area contributed by atoms with Crippen molar-refractivity contribution in [2.75, 3.05) is 17.7 Å². The molecule has 0 saturated heterocycles. The maximum atomic E-state index is 11.9. The number of amides is 2. The number of carbonyl (C=O) groups excluding carboxylic acids is 1. The number of nitrogens with zero attached hydrogens (tertiary/aromatic N) is 1. The van der Waals surface area contributed by atoms with Gasteiger partial charge in [0.15, 0.2) is 0 Å². The molecule has 0 unspecified atom stereocenters. The highest BCUT2D eigenvalue weighted by atomic mass is 79.9. The largest absolute Gasteiger partial charge is 0.497 e. The molecule has 0 saturated carbocycles. The van der Waals surface area contributed by atoms with E-state index in [1.54, 1.807) is 31.4 Å². The molecule has 2 aromatic carbocycles.